The lowest BCUT2D eigenvalue weighted by Gasteiger charge is -2.09. The zero-order valence-electron chi connectivity index (χ0n) is 11.2. The van der Waals surface area contributed by atoms with Gasteiger partial charge in [0, 0.05) is 11.6 Å². The van der Waals surface area contributed by atoms with E-state index in [-0.39, 0.29) is 24.2 Å². The van der Waals surface area contributed by atoms with Gasteiger partial charge in [0.15, 0.2) is 0 Å². The maximum Gasteiger partial charge on any atom is 0.223 e. The Hall–Kier alpha value is -2.40. The molecule has 0 amide bonds. The number of nitrogen functional groups attached to an aromatic ring is 1. The topological polar surface area (TPSA) is 61.0 Å². The van der Waals surface area contributed by atoms with Crippen LogP contribution >= 0.6 is 12.4 Å². The van der Waals surface area contributed by atoms with Crippen LogP contribution in [0.3, 0.4) is 0 Å². The zero-order chi connectivity index (χ0) is 14.1. The number of benzene rings is 2. The van der Waals surface area contributed by atoms with Gasteiger partial charge in [-0.3, -0.25) is 0 Å². The highest BCUT2D eigenvalue weighted by atomic mass is 35.5. The quantitative estimate of drug-likeness (QED) is 0.787. The monoisotopic (exact) mass is 305 g/mol. The fourth-order valence-electron chi connectivity index (χ4n) is 2.18. The third-order valence-electron chi connectivity index (χ3n) is 3.06. The first-order valence-corrected chi connectivity index (χ1v) is 6.05. The smallest absolute Gasteiger partial charge is 0.223 e. The van der Waals surface area contributed by atoms with Gasteiger partial charge >= 0.3 is 0 Å². The van der Waals surface area contributed by atoms with Gasteiger partial charge in [-0.05, 0) is 16.8 Å². The molecule has 0 spiro atoms. The number of nitrogens with zero attached hydrogens (tertiary/aromatic N) is 2. The SMILES string of the molecule is COc1cc(-c2c(F)ccc3ccccc23)nc(N)n1.Cl. The third kappa shape index (κ3) is 2.73. The van der Waals surface area contributed by atoms with Crippen LogP contribution in [0.15, 0.2) is 42.5 Å². The zero-order valence-corrected chi connectivity index (χ0v) is 12.0. The molecule has 108 valence electrons. The molecule has 2 N–H and O–H groups in total. The largest absolute Gasteiger partial charge is 0.481 e. The highest BCUT2D eigenvalue weighted by Gasteiger charge is 2.13. The molecule has 0 aliphatic rings. The van der Waals surface area contributed by atoms with E-state index in [4.69, 9.17) is 10.5 Å². The second-order valence-corrected chi connectivity index (χ2v) is 4.30. The van der Waals surface area contributed by atoms with Crippen LogP contribution in [0, 0.1) is 5.82 Å². The minimum absolute atomic E-state index is 0. The average Bonchev–Trinajstić information content (AvgIpc) is 2.46. The van der Waals surface area contributed by atoms with E-state index < -0.39 is 0 Å². The minimum Gasteiger partial charge on any atom is -0.481 e. The molecule has 0 saturated carbocycles. The second kappa shape index (κ2) is 5.93. The van der Waals surface area contributed by atoms with E-state index >= 15 is 0 Å². The van der Waals surface area contributed by atoms with Gasteiger partial charge in [0.2, 0.25) is 11.8 Å². The van der Waals surface area contributed by atoms with E-state index in [0.29, 0.717) is 17.1 Å². The first-order chi connectivity index (χ1) is 9.69. The Labute approximate surface area is 127 Å². The van der Waals surface area contributed by atoms with Crippen molar-refractivity contribution in [1.82, 2.24) is 9.97 Å². The Morgan fingerprint density at radius 3 is 2.62 bits per heavy atom. The number of hydrogen-bond acceptors (Lipinski definition) is 4. The van der Waals surface area contributed by atoms with Gasteiger partial charge in [0.1, 0.15) is 5.82 Å². The van der Waals surface area contributed by atoms with Crippen molar-refractivity contribution in [3.8, 4) is 17.1 Å². The van der Waals surface area contributed by atoms with Crippen molar-refractivity contribution in [2.45, 2.75) is 0 Å². The molecule has 2 aromatic carbocycles. The number of halogens is 2. The summed E-state index contributed by atoms with van der Waals surface area (Å²) in [5.41, 5.74) is 6.45. The van der Waals surface area contributed by atoms with Gasteiger partial charge in [-0.15, -0.1) is 12.4 Å². The first kappa shape index (κ1) is 15.0. The third-order valence-corrected chi connectivity index (χ3v) is 3.06. The summed E-state index contributed by atoms with van der Waals surface area (Å²) in [6.07, 6.45) is 0. The Morgan fingerprint density at radius 1 is 1.10 bits per heavy atom. The molecule has 0 aliphatic heterocycles. The normalized spacial score (nSPS) is 10.2. The van der Waals surface area contributed by atoms with E-state index in [9.17, 15) is 4.39 Å². The van der Waals surface area contributed by atoms with Gasteiger partial charge in [-0.1, -0.05) is 30.3 Å². The molecule has 6 heteroatoms. The second-order valence-electron chi connectivity index (χ2n) is 4.30. The summed E-state index contributed by atoms with van der Waals surface area (Å²) >= 11 is 0. The molecule has 3 rings (SSSR count). The van der Waals surface area contributed by atoms with Crippen molar-refractivity contribution in [2.24, 2.45) is 0 Å². The van der Waals surface area contributed by atoms with Crippen molar-refractivity contribution < 1.29 is 9.13 Å². The first-order valence-electron chi connectivity index (χ1n) is 6.05. The molecule has 0 atom stereocenters. The average molecular weight is 306 g/mol. The Kier molecular flexibility index (Phi) is 4.23. The van der Waals surface area contributed by atoms with Crippen LogP contribution < -0.4 is 10.5 Å². The Bertz CT molecular complexity index is 795. The summed E-state index contributed by atoms with van der Waals surface area (Å²) in [5.74, 6) is -0.00429. The summed E-state index contributed by atoms with van der Waals surface area (Å²) in [4.78, 5) is 8.02. The standard InChI is InChI=1S/C15H12FN3O.ClH/c1-20-13-8-12(18-15(17)19-13)14-10-5-3-2-4-9(10)6-7-11(14)16;/h2-8H,1H3,(H2,17,18,19);1H. The van der Waals surface area contributed by atoms with E-state index in [1.807, 2.05) is 24.3 Å². The predicted octanol–water partition coefficient (Wildman–Crippen LogP) is 3.45. The van der Waals surface area contributed by atoms with Gasteiger partial charge in [-0.25, -0.2) is 9.37 Å². The number of fused-ring (bicyclic) bond motifs is 1. The van der Waals surface area contributed by atoms with Gasteiger partial charge in [-0.2, -0.15) is 4.98 Å². The number of anilines is 1. The molecule has 3 aromatic rings. The fraction of sp³-hybridized carbons (Fsp3) is 0.0667. The van der Waals surface area contributed by atoms with E-state index in [0.717, 1.165) is 10.8 Å². The fourth-order valence-corrected chi connectivity index (χ4v) is 2.18. The molecule has 0 unspecified atom stereocenters. The van der Waals surface area contributed by atoms with Crippen molar-refractivity contribution >= 4 is 29.1 Å². The highest BCUT2D eigenvalue weighted by Crippen LogP contribution is 2.31. The Morgan fingerprint density at radius 2 is 1.86 bits per heavy atom. The molecule has 0 radical (unpaired) electrons. The van der Waals surface area contributed by atoms with Gasteiger partial charge in [0.25, 0.3) is 0 Å². The number of hydrogen-bond donors (Lipinski definition) is 1. The lowest BCUT2D eigenvalue weighted by molar-refractivity contribution is 0.398. The molecule has 4 nitrogen and oxygen atoms in total. The van der Waals surface area contributed by atoms with Gasteiger partial charge in [0.05, 0.1) is 12.8 Å². The van der Waals surface area contributed by atoms with Crippen LogP contribution in [0.4, 0.5) is 10.3 Å². The Balaban J connectivity index is 0.00000161. The number of rotatable bonds is 2. The number of aromatic nitrogens is 2. The molecule has 21 heavy (non-hydrogen) atoms. The summed E-state index contributed by atoms with van der Waals surface area (Å²) < 4.78 is 19.3. The highest BCUT2D eigenvalue weighted by molar-refractivity contribution is 5.96. The molecule has 1 heterocycles. The summed E-state index contributed by atoms with van der Waals surface area (Å²) in [6.45, 7) is 0. The predicted molar refractivity (Wildman–Crippen MR) is 83.1 cm³/mol. The molecule has 0 bridgehead atoms. The molecule has 0 saturated heterocycles. The lowest BCUT2D eigenvalue weighted by atomic mass is 10.0. The van der Waals surface area contributed by atoms with E-state index in [2.05, 4.69) is 9.97 Å². The molecule has 1 aromatic heterocycles. The van der Waals surface area contributed by atoms with E-state index in [1.165, 1.54) is 13.2 Å². The van der Waals surface area contributed by atoms with Gasteiger partial charge < -0.3 is 10.5 Å². The van der Waals surface area contributed by atoms with Crippen LogP contribution in [0.25, 0.3) is 22.0 Å². The van der Waals surface area contributed by atoms with Crippen LogP contribution in [0.2, 0.25) is 0 Å². The van der Waals surface area contributed by atoms with E-state index in [1.54, 1.807) is 12.1 Å². The summed E-state index contributed by atoms with van der Waals surface area (Å²) in [6, 6.07) is 12.2. The maximum atomic E-state index is 14.2. The molecule has 0 fully saturated rings. The lowest BCUT2D eigenvalue weighted by Crippen LogP contribution is -2.00. The molecule has 0 aliphatic carbocycles. The van der Waals surface area contributed by atoms with Crippen molar-refractivity contribution in [3.05, 3.63) is 48.3 Å². The van der Waals surface area contributed by atoms with Crippen molar-refractivity contribution in [2.75, 3.05) is 12.8 Å². The maximum absolute atomic E-state index is 14.2. The minimum atomic E-state index is -0.358. The summed E-state index contributed by atoms with van der Waals surface area (Å²) in [5, 5.41) is 1.70. The number of nitrogens with two attached hydrogens (primary N) is 1. The van der Waals surface area contributed by atoms with Crippen LogP contribution in [0.5, 0.6) is 5.88 Å². The molecular formula is C15H13ClFN3O. The van der Waals surface area contributed by atoms with Crippen LogP contribution in [-0.2, 0) is 0 Å². The number of ether oxygens (including phenoxy) is 1. The van der Waals surface area contributed by atoms with Crippen molar-refractivity contribution in [1.29, 1.82) is 0 Å². The number of methoxy groups -OCH3 is 1. The van der Waals surface area contributed by atoms with Crippen molar-refractivity contribution in [3.63, 3.8) is 0 Å². The van der Waals surface area contributed by atoms with Crippen LogP contribution in [-0.4, -0.2) is 17.1 Å². The van der Waals surface area contributed by atoms with Crippen LogP contribution in [0.1, 0.15) is 0 Å². The summed E-state index contributed by atoms with van der Waals surface area (Å²) in [7, 11) is 1.48. The molecular weight excluding hydrogens is 293 g/mol.